The summed E-state index contributed by atoms with van der Waals surface area (Å²) in [6, 6.07) is 0. The average Bonchev–Trinajstić information content (AvgIpc) is 2.45. The van der Waals surface area contributed by atoms with Crippen LogP contribution in [-0.2, 0) is 29.2 Å². The number of rotatable bonds is 17. The van der Waals surface area contributed by atoms with Gasteiger partial charge in [0.1, 0.15) is 0 Å². The number of unbranched alkanes of at least 4 members (excludes halogenated alkanes) is 9. The molecule has 0 fully saturated rings. The zero-order valence-corrected chi connectivity index (χ0v) is 14.1. The van der Waals surface area contributed by atoms with Gasteiger partial charge in [0, 0.05) is 0 Å². The number of nitrogens with one attached hydrogen (secondary N) is 1. The Bertz CT molecular complexity index is 324. The Balaban J connectivity index is 3.03. The van der Waals surface area contributed by atoms with Crippen LogP contribution in [-0.4, -0.2) is 33.1 Å². The van der Waals surface area contributed by atoms with Gasteiger partial charge in [0.15, 0.2) is 0 Å². The third kappa shape index (κ3) is 19.7. The second-order valence-corrected chi connectivity index (χ2v) is 6.79. The van der Waals surface area contributed by atoms with Crippen molar-refractivity contribution in [2.75, 3.05) is 19.5 Å². The van der Waals surface area contributed by atoms with E-state index >= 15 is 0 Å². The van der Waals surface area contributed by atoms with Crippen molar-refractivity contribution in [2.45, 2.75) is 64.2 Å². The van der Waals surface area contributed by atoms with Gasteiger partial charge in [0.25, 0.3) is 10.1 Å². The highest BCUT2D eigenvalue weighted by atomic mass is 32.2. The van der Waals surface area contributed by atoms with Crippen molar-refractivity contribution in [1.29, 1.82) is 0 Å². The summed E-state index contributed by atoms with van der Waals surface area (Å²) in [6.45, 7) is 0.747. The van der Waals surface area contributed by atoms with E-state index in [0.717, 1.165) is 44.8 Å². The van der Waals surface area contributed by atoms with Crippen LogP contribution in [0.4, 0.5) is 0 Å². The van der Waals surface area contributed by atoms with E-state index in [1.807, 2.05) is 0 Å². The molecule has 8 nitrogen and oxygen atoms in total. The molecule has 0 saturated heterocycles. The quantitative estimate of drug-likeness (QED) is 0.180. The molecule has 0 heterocycles. The van der Waals surface area contributed by atoms with Crippen LogP contribution in [0, 0.1) is 0 Å². The van der Waals surface area contributed by atoms with Crippen molar-refractivity contribution in [2.24, 2.45) is 0 Å². The number of hydrogen-bond donors (Lipinski definition) is 2. The molecule has 9 heteroatoms. The summed E-state index contributed by atoms with van der Waals surface area (Å²) in [5.41, 5.74) is 1.69. The van der Waals surface area contributed by atoms with Crippen LogP contribution in [0.15, 0.2) is 0 Å². The Hall–Kier alpha value is -0.290. The second kappa shape index (κ2) is 15.6. The zero-order valence-electron chi connectivity index (χ0n) is 13.3. The average molecular weight is 343 g/mol. The van der Waals surface area contributed by atoms with Crippen LogP contribution < -0.4 is 5.64 Å². The van der Waals surface area contributed by atoms with Gasteiger partial charge in [-0.3, -0.25) is 4.18 Å². The van der Waals surface area contributed by atoms with E-state index in [9.17, 15) is 8.42 Å². The van der Waals surface area contributed by atoms with Gasteiger partial charge >= 0.3 is 0 Å². The van der Waals surface area contributed by atoms with Gasteiger partial charge in [0.05, 0.1) is 19.5 Å². The summed E-state index contributed by atoms with van der Waals surface area (Å²) in [7, 11) is -3.28. The molecule has 0 radical (unpaired) electrons. The molecule has 0 rings (SSSR count). The minimum absolute atomic E-state index is 0.296. The van der Waals surface area contributed by atoms with Crippen molar-refractivity contribution < 1.29 is 32.7 Å². The van der Waals surface area contributed by atoms with Crippen LogP contribution in [0.5, 0.6) is 0 Å². The van der Waals surface area contributed by atoms with Gasteiger partial charge in [-0.2, -0.15) is 8.42 Å². The van der Waals surface area contributed by atoms with Gasteiger partial charge in [-0.25, -0.2) is 10.1 Å². The third-order valence-electron chi connectivity index (χ3n) is 3.05. The molecule has 0 aliphatic heterocycles. The Morgan fingerprint density at radius 1 is 0.818 bits per heavy atom. The fourth-order valence-corrected chi connectivity index (χ4v) is 2.39. The lowest BCUT2D eigenvalue weighted by Crippen LogP contribution is -2.13. The predicted octanol–water partition coefficient (Wildman–Crippen LogP) is 2.72. The lowest BCUT2D eigenvalue weighted by atomic mass is 10.1. The van der Waals surface area contributed by atoms with Crippen LogP contribution in [0.2, 0.25) is 0 Å². The molecule has 0 saturated carbocycles. The minimum Gasteiger partial charge on any atom is -0.270 e. The van der Waals surface area contributed by atoms with Crippen molar-refractivity contribution >= 4 is 10.1 Å². The van der Waals surface area contributed by atoms with Crippen LogP contribution >= 0.6 is 0 Å². The van der Waals surface area contributed by atoms with Crippen LogP contribution in [0.3, 0.4) is 0 Å². The van der Waals surface area contributed by atoms with Gasteiger partial charge < -0.3 is 0 Å². The van der Waals surface area contributed by atoms with E-state index in [-0.39, 0.29) is 0 Å². The molecule has 0 aromatic heterocycles. The summed E-state index contributed by atoms with van der Waals surface area (Å²) in [5.74, 6) is 0. The molecule has 0 aliphatic carbocycles. The molecule has 134 valence electrons. The van der Waals surface area contributed by atoms with Crippen molar-refractivity contribution in [3.05, 3.63) is 0 Å². The zero-order chi connectivity index (χ0) is 16.5. The van der Waals surface area contributed by atoms with Crippen LogP contribution in [0.25, 0.3) is 0 Å². The van der Waals surface area contributed by atoms with Crippen molar-refractivity contribution in [1.82, 2.24) is 5.64 Å². The first-order valence-electron chi connectivity index (χ1n) is 7.74. The Labute approximate surface area is 133 Å². The molecule has 0 aromatic rings. The lowest BCUT2D eigenvalue weighted by Gasteiger charge is -2.03. The molecule has 0 aliphatic rings. The summed E-state index contributed by atoms with van der Waals surface area (Å²) in [4.78, 5) is 12.3. The van der Waals surface area contributed by atoms with Gasteiger partial charge in [-0.05, 0) is 18.5 Å². The Morgan fingerprint density at radius 2 is 1.27 bits per heavy atom. The first kappa shape index (κ1) is 21.7. The standard InChI is InChI=1S/C13H29NO7S/c1-22(16,17)19-13-11-9-7-5-3-2-4-6-8-10-12-18-21-14-20-15/h14-15H,2-13H2,1H3. The monoisotopic (exact) mass is 343 g/mol. The molecule has 0 spiro atoms. The smallest absolute Gasteiger partial charge is 0.264 e. The maximum atomic E-state index is 10.7. The van der Waals surface area contributed by atoms with E-state index in [0.29, 0.717) is 13.2 Å². The Morgan fingerprint density at radius 3 is 1.73 bits per heavy atom. The first-order valence-corrected chi connectivity index (χ1v) is 9.56. The first-order chi connectivity index (χ1) is 10.6. The van der Waals surface area contributed by atoms with Crippen LogP contribution in [0.1, 0.15) is 64.2 Å². The number of hydrogen-bond acceptors (Lipinski definition) is 8. The largest absolute Gasteiger partial charge is 0.270 e. The molecule has 0 unspecified atom stereocenters. The molecular formula is C13H29NO7S. The highest BCUT2D eigenvalue weighted by molar-refractivity contribution is 7.85. The van der Waals surface area contributed by atoms with Crippen molar-refractivity contribution in [3.63, 3.8) is 0 Å². The van der Waals surface area contributed by atoms with Gasteiger partial charge in [0.2, 0.25) is 0 Å². The van der Waals surface area contributed by atoms with Gasteiger partial charge in [-0.15, -0.1) is 9.98 Å². The van der Waals surface area contributed by atoms with E-state index < -0.39 is 10.1 Å². The molecule has 2 N–H and O–H groups in total. The van der Waals surface area contributed by atoms with E-state index in [4.69, 9.17) is 5.26 Å². The molecule has 0 bridgehead atoms. The third-order valence-corrected chi connectivity index (χ3v) is 3.64. The maximum absolute atomic E-state index is 10.7. The lowest BCUT2D eigenvalue weighted by molar-refractivity contribution is -0.472. The van der Waals surface area contributed by atoms with E-state index in [1.165, 1.54) is 25.7 Å². The maximum Gasteiger partial charge on any atom is 0.264 e. The molecule has 0 aromatic carbocycles. The van der Waals surface area contributed by atoms with Crippen molar-refractivity contribution in [3.8, 4) is 0 Å². The van der Waals surface area contributed by atoms with E-state index in [1.54, 1.807) is 5.64 Å². The normalized spacial score (nSPS) is 11.9. The molecule has 0 atom stereocenters. The topological polar surface area (TPSA) is 103 Å². The fraction of sp³-hybridized carbons (Fsp3) is 1.00. The predicted molar refractivity (Wildman–Crippen MR) is 80.9 cm³/mol. The second-order valence-electron chi connectivity index (χ2n) is 5.14. The minimum atomic E-state index is -3.28. The van der Waals surface area contributed by atoms with Gasteiger partial charge in [-0.1, -0.05) is 51.4 Å². The molecule has 0 amide bonds. The summed E-state index contributed by atoms with van der Waals surface area (Å²) in [5, 5.41) is 7.86. The van der Waals surface area contributed by atoms with E-state index in [2.05, 4.69) is 19.0 Å². The summed E-state index contributed by atoms with van der Waals surface area (Å²) < 4.78 is 26.1. The highest BCUT2D eigenvalue weighted by Crippen LogP contribution is 2.10. The molecular weight excluding hydrogens is 314 g/mol. The Kier molecular flexibility index (Phi) is 15.4. The fourth-order valence-electron chi connectivity index (χ4n) is 1.97. The summed E-state index contributed by atoms with van der Waals surface area (Å²) in [6.07, 6.45) is 12.0. The SMILES string of the molecule is CS(=O)(=O)OCCCCCCCCCCCCOONOO. The summed E-state index contributed by atoms with van der Waals surface area (Å²) >= 11 is 0. The molecule has 22 heavy (non-hydrogen) atoms. The highest BCUT2D eigenvalue weighted by Gasteiger charge is 2.00.